The van der Waals surface area contributed by atoms with Crippen LogP contribution in [0.5, 0.6) is 0 Å². The van der Waals surface area contributed by atoms with Crippen molar-refractivity contribution < 1.29 is 36.8 Å². The van der Waals surface area contributed by atoms with Crippen molar-refractivity contribution in [1.82, 2.24) is 0 Å². The monoisotopic (exact) mass is 646 g/mol. The van der Waals surface area contributed by atoms with E-state index >= 15 is 0 Å². The van der Waals surface area contributed by atoms with Gasteiger partial charge in [0.15, 0.2) is 5.92 Å². The van der Waals surface area contributed by atoms with Gasteiger partial charge in [0.05, 0.1) is 30.3 Å². The summed E-state index contributed by atoms with van der Waals surface area (Å²) in [5.74, 6) is -0.168. The summed E-state index contributed by atoms with van der Waals surface area (Å²) < 4.78 is 42.5. The number of fused-ring (bicyclic) bond motifs is 5. The SMILES string of the molecule is CCOC(=O)C(CC(C)C1CCC2C3CC[C@@H]4C[C@H](OS(=O)(=O)c5ccc(C)cc5)CC[C@]4(C)C3C[C@H](O)[C@]12C)C(=O)OCC. The van der Waals surface area contributed by atoms with E-state index in [9.17, 15) is 23.1 Å². The largest absolute Gasteiger partial charge is 0.465 e. The van der Waals surface area contributed by atoms with Crippen LogP contribution in [0.25, 0.3) is 0 Å². The lowest BCUT2D eigenvalue weighted by atomic mass is 9.43. The lowest BCUT2D eigenvalue weighted by Gasteiger charge is -2.62. The van der Waals surface area contributed by atoms with Crippen molar-refractivity contribution in [2.45, 2.75) is 116 Å². The van der Waals surface area contributed by atoms with Crippen LogP contribution in [-0.2, 0) is 33.4 Å². The Labute approximate surface area is 270 Å². The predicted octanol–water partition coefficient (Wildman–Crippen LogP) is 6.47. The summed E-state index contributed by atoms with van der Waals surface area (Å²) in [5, 5.41) is 12.0. The molecule has 45 heavy (non-hydrogen) atoms. The zero-order chi connectivity index (χ0) is 32.7. The van der Waals surface area contributed by atoms with Gasteiger partial charge < -0.3 is 14.6 Å². The Hall–Kier alpha value is -1.97. The Kier molecular flexibility index (Phi) is 10.1. The van der Waals surface area contributed by atoms with E-state index in [1.54, 1.807) is 38.1 Å². The zero-order valence-corrected chi connectivity index (χ0v) is 28.8. The highest BCUT2D eigenvalue weighted by atomic mass is 32.2. The molecule has 5 rings (SSSR count). The lowest BCUT2D eigenvalue weighted by molar-refractivity contribution is -0.175. The first-order valence-corrected chi connectivity index (χ1v) is 18.7. The molecule has 10 atom stereocenters. The number of aliphatic hydroxyl groups is 1. The zero-order valence-electron chi connectivity index (χ0n) is 28.0. The maximum absolute atomic E-state index is 13.1. The van der Waals surface area contributed by atoms with Crippen LogP contribution in [0.15, 0.2) is 29.2 Å². The topological polar surface area (TPSA) is 116 Å². The molecule has 1 aromatic carbocycles. The summed E-state index contributed by atoms with van der Waals surface area (Å²) in [6, 6.07) is 6.83. The molecule has 9 heteroatoms. The highest BCUT2D eigenvalue weighted by molar-refractivity contribution is 7.86. The fourth-order valence-corrected chi connectivity index (χ4v) is 11.6. The van der Waals surface area contributed by atoms with Crippen LogP contribution >= 0.6 is 0 Å². The van der Waals surface area contributed by atoms with Gasteiger partial charge in [-0.2, -0.15) is 8.42 Å². The highest BCUT2D eigenvalue weighted by Crippen LogP contribution is 2.68. The maximum atomic E-state index is 13.1. The first kappa shape index (κ1) is 34.4. The normalized spacial score (nSPS) is 36.8. The highest BCUT2D eigenvalue weighted by Gasteiger charge is 2.64. The molecule has 0 spiro atoms. The van der Waals surface area contributed by atoms with Crippen molar-refractivity contribution in [3.05, 3.63) is 29.8 Å². The summed E-state index contributed by atoms with van der Waals surface area (Å²) in [6.07, 6.45) is 6.73. The molecule has 1 aromatic rings. The molecule has 4 saturated carbocycles. The number of esters is 2. The number of rotatable bonds is 10. The van der Waals surface area contributed by atoms with Crippen LogP contribution in [0, 0.1) is 59.2 Å². The Morgan fingerprint density at radius 2 is 1.58 bits per heavy atom. The van der Waals surface area contributed by atoms with Crippen molar-refractivity contribution in [3.63, 3.8) is 0 Å². The van der Waals surface area contributed by atoms with Crippen LogP contribution in [0.4, 0.5) is 0 Å². The second-order valence-corrected chi connectivity index (χ2v) is 16.6. The number of hydrogen-bond acceptors (Lipinski definition) is 8. The van der Waals surface area contributed by atoms with Gasteiger partial charge in [0.1, 0.15) is 0 Å². The van der Waals surface area contributed by atoms with Crippen LogP contribution < -0.4 is 0 Å². The Morgan fingerprint density at radius 3 is 2.20 bits per heavy atom. The molecule has 1 N–H and O–H groups in total. The first-order chi connectivity index (χ1) is 21.3. The van der Waals surface area contributed by atoms with E-state index in [-0.39, 0.29) is 46.9 Å². The van der Waals surface area contributed by atoms with Gasteiger partial charge in [-0.3, -0.25) is 13.8 Å². The fourth-order valence-electron chi connectivity index (χ4n) is 10.5. The van der Waals surface area contributed by atoms with Gasteiger partial charge in [-0.15, -0.1) is 0 Å². The predicted molar refractivity (Wildman–Crippen MR) is 170 cm³/mol. The molecule has 0 heterocycles. The van der Waals surface area contributed by atoms with Crippen LogP contribution in [-0.4, -0.2) is 50.9 Å². The second kappa shape index (κ2) is 13.3. The van der Waals surface area contributed by atoms with Crippen molar-refractivity contribution in [3.8, 4) is 0 Å². The molecule has 0 saturated heterocycles. The number of ether oxygens (including phenoxy) is 2. The molecule has 252 valence electrons. The summed E-state index contributed by atoms with van der Waals surface area (Å²) >= 11 is 0. The van der Waals surface area contributed by atoms with E-state index < -0.39 is 34.1 Å². The number of carbonyl (C=O) groups is 2. The van der Waals surface area contributed by atoms with E-state index in [4.69, 9.17) is 13.7 Å². The van der Waals surface area contributed by atoms with Crippen LogP contribution in [0.3, 0.4) is 0 Å². The molecule has 8 nitrogen and oxygen atoms in total. The van der Waals surface area contributed by atoms with Crippen molar-refractivity contribution in [2.75, 3.05) is 13.2 Å². The number of benzene rings is 1. The number of hydrogen-bond donors (Lipinski definition) is 1. The van der Waals surface area contributed by atoms with Gasteiger partial charge in [-0.1, -0.05) is 38.5 Å². The van der Waals surface area contributed by atoms with Gasteiger partial charge >= 0.3 is 11.9 Å². The number of aliphatic hydroxyl groups excluding tert-OH is 1. The Bertz CT molecular complexity index is 1310. The number of carbonyl (C=O) groups excluding carboxylic acids is 2. The standard InChI is InChI=1S/C36H54O8S/c1-7-42-33(38)28(34(39)43-8-2)19-23(4)29-15-16-30-27-14-11-24-20-25(44-45(40,41)26-12-9-22(3)10-13-26)17-18-35(24,5)31(27)21-32(37)36(29,30)6/h9-10,12-13,23-25,27-32,37H,7-8,11,14-21H2,1-6H3/t23?,24-,25-,27?,29?,30?,31?,32+,35+,36-/m1/s1. The smallest absolute Gasteiger partial charge is 0.320 e. The van der Waals surface area contributed by atoms with Crippen LogP contribution in [0.2, 0.25) is 0 Å². The third-order valence-corrected chi connectivity index (χ3v) is 14.2. The van der Waals surface area contributed by atoms with Gasteiger partial charge in [0.2, 0.25) is 0 Å². The molecule has 5 unspecified atom stereocenters. The van der Waals surface area contributed by atoms with Gasteiger partial charge in [0, 0.05) is 0 Å². The van der Waals surface area contributed by atoms with Crippen molar-refractivity contribution >= 4 is 22.1 Å². The van der Waals surface area contributed by atoms with Crippen molar-refractivity contribution in [2.24, 2.45) is 52.3 Å². The van der Waals surface area contributed by atoms with E-state index in [2.05, 4.69) is 20.8 Å². The van der Waals surface area contributed by atoms with Gasteiger partial charge in [-0.05, 0) is 137 Å². The molecule has 0 bridgehead atoms. The van der Waals surface area contributed by atoms with Gasteiger partial charge in [-0.25, -0.2) is 0 Å². The summed E-state index contributed by atoms with van der Waals surface area (Å²) in [5.41, 5.74) is 0.743. The molecule has 0 amide bonds. The average molecular weight is 647 g/mol. The Morgan fingerprint density at radius 1 is 0.933 bits per heavy atom. The van der Waals surface area contributed by atoms with Crippen molar-refractivity contribution in [1.29, 1.82) is 0 Å². The third-order valence-electron chi connectivity index (χ3n) is 12.8. The maximum Gasteiger partial charge on any atom is 0.320 e. The molecule has 0 aliphatic heterocycles. The minimum atomic E-state index is -3.82. The molecule has 4 aliphatic carbocycles. The quantitative estimate of drug-likeness (QED) is 0.175. The fraction of sp³-hybridized carbons (Fsp3) is 0.778. The molecule has 4 aliphatic rings. The summed E-state index contributed by atoms with van der Waals surface area (Å²) in [6.45, 7) is 12.6. The number of aryl methyl sites for hydroxylation is 1. The lowest BCUT2D eigenvalue weighted by Crippen LogP contribution is -2.59. The minimum Gasteiger partial charge on any atom is -0.465 e. The summed E-state index contributed by atoms with van der Waals surface area (Å²) in [7, 11) is -3.82. The minimum absolute atomic E-state index is 0.0291. The van der Waals surface area contributed by atoms with E-state index in [1.807, 2.05) is 6.92 Å². The molecular weight excluding hydrogens is 592 g/mol. The Balaban J connectivity index is 1.28. The van der Waals surface area contributed by atoms with Gasteiger partial charge in [0.25, 0.3) is 10.1 Å². The molecular formula is C36H54O8S. The van der Waals surface area contributed by atoms with E-state index in [1.165, 1.54) is 0 Å². The van der Waals surface area contributed by atoms with Crippen LogP contribution in [0.1, 0.15) is 98.0 Å². The molecule has 0 radical (unpaired) electrons. The van der Waals surface area contributed by atoms with E-state index in [0.29, 0.717) is 36.5 Å². The second-order valence-electron chi connectivity index (χ2n) is 15.0. The van der Waals surface area contributed by atoms with E-state index in [0.717, 1.165) is 50.5 Å². The molecule has 4 fully saturated rings. The summed E-state index contributed by atoms with van der Waals surface area (Å²) in [4.78, 5) is 25.7. The molecule has 0 aromatic heterocycles. The third kappa shape index (κ3) is 6.34. The first-order valence-electron chi connectivity index (χ1n) is 17.3. The average Bonchev–Trinajstić information content (AvgIpc) is 3.35.